The average molecular weight is 225 g/mol. The Morgan fingerprint density at radius 2 is 2.07 bits per heavy atom. The first-order valence-corrected chi connectivity index (χ1v) is 6.31. The second-order valence-corrected chi connectivity index (χ2v) is 5.47. The van der Waals surface area contributed by atoms with E-state index in [1.165, 1.54) is 0 Å². The van der Waals surface area contributed by atoms with Crippen molar-refractivity contribution >= 4 is 10.8 Å². The van der Waals surface area contributed by atoms with Crippen LogP contribution >= 0.6 is 0 Å². The van der Waals surface area contributed by atoms with Gasteiger partial charge in [-0.1, -0.05) is 0 Å². The molecule has 0 saturated carbocycles. The zero-order chi connectivity index (χ0) is 10.8. The number of aryl methyl sites for hydroxylation is 2. The molecule has 15 heavy (non-hydrogen) atoms. The van der Waals surface area contributed by atoms with Gasteiger partial charge in [0, 0.05) is 17.9 Å². The van der Waals surface area contributed by atoms with E-state index in [1.807, 2.05) is 19.9 Å². The molecule has 1 aromatic rings. The molecule has 0 aromatic carbocycles. The highest BCUT2D eigenvalue weighted by Gasteiger charge is 2.24. The van der Waals surface area contributed by atoms with Crippen LogP contribution in [0.4, 0.5) is 0 Å². The third kappa shape index (κ3) is 2.41. The van der Waals surface area contributed by atoms with Crippen LogP contribution in [0.15, 0.2) is 11.2 Å². The zero-order valence-corrected chi connectivity index (χ0v) is 9.80. The summed E-state index contributed by atoms with van der Waals surface area (Å²) in [6.07, 6.45) is 0.947. The van der Waals surface area contributed by atoms with Gasteiger partial charge in [-0.15, -0.1) is 0 Å². The largest absolute Gasteiger partial charge is 0.315 e. The molecular formula is C10H15N3OS. The van der Waals surface area contributed by atoms with Gasteiger partial charge in [0.1, 0.15) is 0 Å². The minimum Gasteiger partial charge on any atom is -0.315 e. The minimum atomic E-state index is -1.06. The Hall–Kier alpha value is -0.810. The van der Waals surface area contributed by atoms with E-state index < -0.39 is 10.8 Å². The molecule has 2 unspecified atom stereocenters. The van der Waals surface area contributed by atoms with Crippen LogP contribution in [0, 0.1) is 13.8 Å². The Morgan fingerprint density at radius 1 is 1.40 bits per heavy atom. The highest BCUT2D eigenvalue weighted by Crippen LogP contribution is 2.13. The topological polar surface area (TPSA) is 54.9 Å². The van der Waals surface area contributed by atoms with Crippen molar-refractivity contribution in [1.29, 1.82) is 0 Å². The molecule has 2 atom stereocenters. The summed E-state index contributed by atoms with van der Waals surface area (Å²) in [7, 11) is -1.06. The predicted molar refractivity (Wildman–Crippen MR) is 59.2 cm³/mol. The smallest absolute Gasteiger partial charge is 0.219 e. The third-order valence-electron chi connectivity index (χ3n) is 2.46. The summed E-state index contributed by atoms with van der Waals surface area (Å²) in [5.74, 6) is 0. The van der Waals surface area contributed by atoms with Crippen molar-refractivity contribution in [1.82, 2.24) is 15.3 Å². The Labute approximate surface area is 92.0 Å². The molecule has 1 aliphatic heterocycles. The van der Waals surface area contributed by atoms with Crippen LogP contribution in [-0.4, -0.2) is 32.5 Å². The summed E-state index contributed by atoms with van der Waals surface area (Å²) in [5, 5.41) is 3.86. The van der Waals surface area contributed by atoms with E-state index in [0.717, 1.165) is 30.9 Å². The summed E-state index contributed by atoms with van der Waals surface area (Å²) in [4.78, 5) is 8.48. The molecule has 0 amide bonds. The lowest BCUT2D eigenvalue weighted by atomic mass is 10.4. The lowest BCUT2D eigenvalue weighted by molar-refractivity contribution is 0.662. The first-order chi connectivity index (χ1) is 7.16. The highest BCUT2D eigenvalue weighted by atomic mass is 32.2. The standard InChI is InChI=1S/C10H15N3OS/c1-7-5-8(2)13-10(12-7)15(14)9-3-4-11-6-9/h5,9,11H,3-4,6H2,1-2H3. The average Bonchev–Trinajstić information content (AvgIpc) is 2.67. The molecule has 2 heterocycles. The van der Waals surface area contributed by atoms with Crippen LogP contribution in [0.25, 0.3) is 0 Å². The van der Waals surface area contributed by atoms with Gasteiger partial charge in [0.05, 0.1) is 16.0 Å². The number of rotatable bonds is 2. The van der Waals surface area contributed by atoms with E-state index in [2.05, 4.69) is 15.3 Å². The fraction of sp³-hybridized carbons (Fsp3) is 0.600. The Morgan fingerprint density at radius 3 is 2.60 bits per heavy atom. The van der Waals surface area contributed by atoms with Gasteiger partial charge in [-0.2, -0.15) is 0 Å². The number of aromatic nitrogens is 2. The maximum Gasteiger partial charge on any atom is 0.219 e. The van der Waals surface area contributed by atoms with Crippen LogP contribution in [-0.2, 0) is 10.8 Å². The molecule has 0 bridgehead atoms. The van der Waals surface area contributed by atoms with Crippen molar-refractivity contribution in [3.63, 3.8) is 0 Å². The van der Waals surface area contributed by atoms with Crippen molar-refractivity contribution in [2.24, 2.45) is 0 Å². The number of nitrogens with zero attached hydrogens (tertiary/aromatic N) is 2. The second-order valence-electron chi connectivity index (χ2n) is 3.85. The molecule has 0 aliphatic carbocycles. The summed E-state index contributed by atoms with van der Waals surface area (Å²) < 4.78 is 12.1. The minimum absolute atomic E-state index is 0.172. The van der Waals surface area contributed by atoms with Crippen molar-refractivity contribution in [3.8, 4) is 0 Å². The summed E-state index contributed by atoms with van der Waals surface area (Å²) in [6.45, 7) is 5.56. The highest BCUT2D eigenvalue weighted by molar-refractivity contribution is 7.85. The van der Waals surface area contributed by atoms with Crippen LogP contribution in [0.2, 0.25) is 0 Å². The molecule has 2 rings (SSSR count). The van der Waals surface area contributed by atoms with Crippen LogP contribution in [0.5, 0.6) is 0 Å². The van der Waals surface area contributed by atoms with E-state index in [1.54, 1.807) is 0 Å². The van der Waals surface area contributed by atoms with Crippen molar-refractivity contribution in [2.75, 3.05) is 13.1 Å². The normalized spacial score (nSPS) is 22.9. The molecule has 4 nitrogen and oxygen atoms in total. The maximum absolute atomic E-state index is 12.1. The molecule has 1 aromatic heterocycles. The maximum atomic E-state index is 12.1. The second kappa shape index (κ2) is 4.37. The Kier molecular flexibility index (Phi) is 3.11. The van der Waals surface area contributed by atoms with Gasteiger partial charge in [0.25, 0.3) is 0 Å². The van der Waals surface area contributed by atoms with Crippen LogP contribution < -0.4 is 5.32 Å². The van der Waals surface area contributed by atoms with Gasteiger partial charge < -0.3 is 5.32 Å². The molecular weight excluding hydrogens is 210 g/mol. The van der Waals surface area contributed by atoms with Gasteiger partial charge in [-0.25, -0.2) is 9.97 Å². The fourth-order valence-electron chi connectivity index (χ4n) is 1.74. The monoisotopic (exact) mass is 225 g/mol. The Bertz CT molecular complexity index is 368. The van der Waals surface area contributed by atoms with E-state index in [9.17, 15) is 4.21 Å². The summed E-state index contributed by atoms with van der Waals surface area (Å²) in [5.41, 5.74) is 1.77. The Balaban J connectivity index is 2.24. The van der Waals surface area contributed by atoms with Gasteiger partial charge in [-0.3, -0.25) is 4.21 Å². The van der Waals surface area contributed by atoms with Crippen molar-refractivity contribution in [2.45, 2.75) is 30.7 Å². The molecule has 1 aliphatic rings. The quantitative estimate of drug-likeness (QED) is 0.747. The van der Waals surface area contributed by atoms with E-state index in [-0.39, 0.29) is 5.25 Å². The number of hydrogen-bond acceptors (Lipinski definition) is 4. The number of nitrogens with one attached hydrogen (secondary N) is 1. The van der Waals surface area contributed by atoms with Gasteiger partial charge in [0.2, 0.25) is 5.16 Å². The number of hydrogen-bond donors (Lipinski definition) is 1. The summed E-state index contributed by atoms with van der Waals surface area (Å²) >= 11 is 0. The molecule has 82 valence electrons. The van der Waals surface area contributed by atoms with Crippen molar-refractivity contribution < 1.29 is 4.21 Å². The molecule has 1 N–H and O–H groups in total. The SMILES string of the molecule is Cc1cc(C)nc(S(=O)C2CCNC2)n1. The fourth-order valence-corrected chi connectivity index (χ4v) is 3.11. The summed E-state index contributed by atoms with van der Waals surface area (Å²) in [6, 6.07) is 1.90. The van der Waals surface area contributed by atoms with Crippen LogP contribution in [0.1, 0.15) is 17.8 Å². The molecule has 5 heteroatoms. The van der Waals surface area contributed by atoms with Gasteiger partial charge >= 0.3 is 0 Å². The molecule has 1 saturated heterocycles. The first-order valence-electron chi connectivity index (χ1n) is 5.10. The molecule has 0 radical (unpaired) electrons. The van der Waals surface area contributed by atoms with Crippen LogP contribution in [0.3, 0.4) is 0 Å². The lowest BCUT2D eigenvalue weighted by Gasteiger charge is -2.07. The van der Waals surface area contributed by atoms with E-state index >= 15 is 0 Å². The van der Waals surface area contributed by atoms with Gasteiger partial charge in [0.15, 0.2) is 0 Å². The predicted octanol–water partition coefficient (Wildman–Crippen LogP) is 0.563. The van der Waals surface area contributed by atoms with Crippen molar-refractivity contribution in [3.05, 3.63) is 17.5 Å². The van der Waals surface area contributed by atoms with Gasteiger partial charge in [-0.05, 0) is 32.9 Å². The van der Waals surface area contributed by atoms with E-state index in [4.69, 9.17) is 0 Å². The third-order valence-corrected chi connectivity index (χ3v) is 4.01. The molecule has 1 fully saturated rings. The van der Waals surface area contributed by atoms with E-state index in [0.29, 0.717) is 5.16 Å². The first kappa shape index (κ1) is 10.7. The molecule has 0 spiro atoms. The zero-order valence-electron chi connectivity index (χ0n) is 8.99. The lowest BCUT2D eigenvalue weighted by Crippen LogP contribution is -2.20.